The van der Waals surface area contributed by atoms with Crippen molar-refractivity contribution < 1.29 is 9.47 Å². The topological polar surface area (TPSA) is 72.1 Å². The Hall–Kier alpha value is -1.48. The number of guanidine groups is 1. The molecule has 0 atom stereocenters. The van der Waals surface area contributed by atoms with Gasteiger partial charge < -0.3 is 25.4 Å². The quantitative estimate of drug-likeness (QED) is 0.324. The number of hydrogen-bond donors (Lipinski definition) is 2. The van der Waals surface area contributed by atoms with Gasteiger partial charge in [-0.1, -0.05) is 11.6 Å². The summed E-state index contributed by atoms with van der Waals surface area (Å²) in [5, 5.41) is 3.07. The van der Waals surface area contributed by atoms with Gasteiger partial charge in [0.1, 0.15) is 11.5 Å². The number of benzene rings is 1. The van der Waals surface area contributed by atoms with Crippen LogP contribution in [0.25, 0.3) is 0 Å². The van der Waals surface area contributed by atoms with Gasteiger partial charge in [0.05, 0.1) is 26.5 Å². The number of rotatable bonds is 5. The first-order chi connectivity index (χ1) is 10.6. The van der Waals surface area contributed by atoms with E-state index in [2.05, 4.69) is 28.3 Å². The molecular weight excluding hydrogens is 407 g/mol. The molecule has 0 spiro atoms. The normalized spacial score (nSPS) is 15.4. The fourth-order valence-electron chi connectivity index (χ4n) is 2.23. The number of methoxy groups -OCH3 is 2. The van der Waals surface area contributed by atoms with Crippen molar-refractivity contribution in [3.8, 4) is 11.5 Å². The van der Waals surface area contributed by atoms with Gasteiger partial charge in [-0.3, -0.25) is 0 Å². The number of nitrogens with one attached hydrogen (secondary N) is 1. The third kappa shape index (κ3) is 5.91. The average molecular weight is 432 g/mol. The molecule has 1 heterocycles. The number of aliphatic imine (C=N–C) groups is 1. The molecule has 128 valence electrons. The Labute approximate surface area is 154 Å². The number of hydrogen-bond acceptors (Lipinski definition) is 4. The summed E-state index contributed by atoms with van der Waals surface area (Å²) in [6, 6.07) is 5.49. The van der Waals surface area contributed by atoms with Crippen molar-refractivity contribution in [3.63, 3.8) is 0 Å². The van der Waals surface area contributed by atoms with E-state index in [0.717, 1.165) is 30.9 Å². The number of nitrogens with two attached hydrogens (primary N) is 1. The molecule has 0 radical (unpaired) electrons. The van der Waals surface area contributed by atoms with Crippen LogP contribution in [0.4, 0.5) is 5.69 Å². The Morgan fingerprint density at radius 3 is 2.74 bits per heavy atom. The third-order valence-corrected chi connectivity index (χ3v) is 3.63. The zero-order valence-electron chi connectivity index (χ0n) is 13.8. The summed E-state index contributed by atoms with van der Waals surface area (Å²) in [6.45, 7) is 2.67. The van der Waals surface area contributed by atoms with E-state index in [1.165, 1.54) is 5.57 Å². The summed E-state index contributed by atoms with van der Waals surface area (Å²) in [5.74, 6) is 1.79. The van der Waals surface area contributed by atoms with Crippen LogP contribution in [0.15, 0.2) is 34.8 Å². The van der Waals surface area contributed by atoms with Crippen LogP contribution >= 0.6 is 24.0 Å². The summed E-state index contributed by atoms with van der Waals surface area (Å²) in [6.07, 6.45) is 3.25. The number of anilines is 1. The van der Waals surface area contributed by atoms with Gasteiger partial charge in [-0.05, 0) is 25.6 Å². The molecule has 0 aromatic heterocycles. The monoisotopic (exact) mass is 432 g/mol. The molecule has 2 rings (SSSR count). The molecule has 23 heavy (non-hydrogen) atoms. The van der Waals surface area contributed by atoms with Gasteiger partial charge in [-0.2, -0.15) is 0 Å². The Morgan fingerprint density at radius 1 is 1.35 bits per heavy atom. The lowest BCUT2D eigenvalue weighted by Crippen LogP contribution is -2.26. The Bertz CT molecular complexity index is 575. The van der Waals surface area contributed by atoms with E-state index in [4.69, 9.17) is 15.2 Å². The molecule has 0 saturated heterocycles. The van der Waals surface area contributed by atoms with Crippen LogP contribution in [0.1, 0.15) is 6.42 Å². The van der Waals surface area contributed by atoms with Crippen molar-refractivity contribution in [2.75, 3.05) is 46.2 Å². The SMILES string of the molecule is COc1ccc(OC)c(NC(N)=NCC2=CCN(C)CC2)c1.I. The van der Waals surface area contributed by atoms with Crippen molar-refractivity contribution in [3.05, 3.63) is 29.8 Å². The Balaban J connectivity index is 0.00000264. The maximum absolute atomic E-state index is 5.97. The van der Waals surface area contributed by atoms with E-state index in [9.17, 15) is 0 Å². The van der Waals surface area contributed by atoms with E-state index in [1.807, 2.05) is 18.2 Å². The molecule has 1 aromatic rings. The molecule has 0 saturated carbocycles. The number of halogens is 1. The standard InChI is InChI=1S/C16H24N4O2.HI/c1-20-8-6-12(7-9-20)11-18-16(17)19-14-10-13(21-2)4-5-15(14)22-3;/h4-6,10H,7-9,11H2,1-3H3,(H3,17,18,19);1H. The van der Waals surface area contributed by atoms with Crippen molar-refractivity contribution >= 4 is 35.6 Å². The van der Waals surface area contributed by atoms with E-state index in [-0.39, 0.29) is 24.0 Å². The molecule has 0 bridgehead atoms. The van der Waals surface area contributed by atoms with Crippen LogP contribution in [-0.4, -0.2) is 51.8 Å². The van der Waals surface area contributed by atoms with Crippen LogP contribution in [-0.2, 0) is 0 Å². The largest absolute Gasteiger partial charge is 0.497 e. The van der Waals surface area contributed by atoms with Gasteiger partial charge in [0.2, 0.25) is 0 Å². The van der Waals surface area contributed by atoms with Gasteiger partial charge in [0, 0.05) is 19.2 Å². The van der Waals surface area contributed by atoms with E-state index < -0.39 is 0 Å². The average Bonchev–Trinajstić information content (AvgIpc) is 2.54. The smallest absolute Gasteiger partial charge is 0.193 e. The van der Waals surface area contributed by atoms with Gasteiger partial charge in [0.15, 0.2) is 5.96 Å². The zero-order chi connectivity index (χ0) is 15.9. The molecule has 7 heteroatoms. The van der Waals surface area contributed by atoms with Gasteiger partial charge in [-0.25, -0.2) is 4.99 Å². The minimum atomic E-state index is 0. The molecule has 0 aliphatic carbocycles. The van der Waals surface area contributed by atoms with Crippen molar-refractivity contribution in [1.82, 2.24) is 4.90 Å². The summed E-state index contributed by atoms with van der Waals surface area (Å²) in [4.78, 5) is 6.67. The summed E-state index contributed by atoms with van der Waals surface area (Å²) in [5.41, 5.74) is 8.03. The van der Waals surface area contributed by atoms with Crippen LogP contribution in [0.5, 0.6) is 11.5 Å². The predicted molar refractivity (Wildman–Crippen MR) is 105 cm³/mol. The molecule has 3 N–H and O–H groups in total. The minimum Gasteiger partial charge on any atom is -0.497 e. The van der Waals surface area contributed by atoms with Crippen LogP contribution in [0, 0.1) is 0 Å². The molecule has 1 aliphatic rings. The second-order valence-corrected chi connectivity index (χ2v) is 5.27. The van der Waals surface area contributed by atoms with Crippen LogP contribution in [0.3, 0.4) is 0 Å². The van der Waals surface area contributed by atoms with E-state index in [1.54, 1.807) is 14.2 Å². The first-order valence-corrected chi connectivity index (χ1v) is 7.27. The zero-order valence-corrected chi connectivity index (χ0v) is 16.2. The maximum atomic E-state index is 5.97. The van der Waals surface area contributed by atoms with E-state index >= 15 is 0 Å². The fraction of sp³-hybridized carbons (Fsp3) is 0.438. The number of likely N-dealkylation sites (N-methyl/N-ethyl adjacent to an activating group) is 1. The molecule has 0 fully saturated rings. The maximum Gasteiger partial charge on any atom is 0.193 e. The highest BCUT2D eigenvalue weighted by molar-refractivity contribution is 14.0. The Kier molecular flexibility index (Phi) is 8.18. The molecule has 0 unspecified atom stereocenters. The molecule has 0 amide bonds. The summed E-state index contributed by atoms with van der Waals surface area (Å²) >= 11 is 0. The summed E-state index contributed by atoms with van der Waals surface area (Å²) < 4.78 is 10.5. The highest BCUT2D eigenvalue weighted by atomic mass is 127. The third-order valence-electron chi connectivity index (χ3n) is 3.63. The van der Waals surface area contributed by atoms with Gasteiger partial charge >= 0.3 is 0 Å². The lowest BCUT2D eigenvalue weighted by atomic mass is 10.1. The number of nitrogens with zero attached hydrogens (tertiary/aromatic N) is 2. The molecule has 6 nitrogen and oxygen atoms in total. The highest BCUT2D eigenvalue weighted by Crippen LogP contribution is 2.28. The Morgan fingerprint density at radius 2 is 2.13 bits per heavy atom. The molecule has 1 aliphatic heterocycles. The first kappa shape index (κ1) is 19.6. The van der Waals surface area contributed by atoms with Crippen LogP contribution in [0.2, 0.25) is 0 Å². The molecule has 1 aromatic carbocycles. The second-order valence-electron chi connectivity index (χ2n) is 5.27. The summed E-state index contributed by atoms with van der Waals surface area (Å²) in [7, 11) is 5.35. The van der Waals surface area contributed by atoms with Crippen molar-refractivity contribution in [2.45, 2.75) is 6.42 Å². The lowest BCUT2D eigenvalue weighted by Gasteiger charge is -2.21. The first-order valence-electron chi connectivity index (χ1n) is 7.27. The van der Waals surface area contributed by atoms with Gasteiger partial charge in [0.25, 0.3) is 0 Å². The second kappa shape index (κ2) is 9.61. The fourth-order valence-corrected chi connectivity index (χ4v) is 2.23. The van der Waals surface area contributed by atoms with Crippen LogP contribution < -0.4 is 20.5 Å². The predicted octanol–water partition coefficient (Wildman–Crippen LogP) is 2.31. The minimum absolute atomic E-state index is 0. The lowest BCUT2D eigenvalue weighted by molar-refractivity contribution is 0.358. The van der Waals surface area contributed by atoms with Crippen molar-refractivity contribution in [1.29, 1.82) is 0 Å². The number of ether oxygens (including phenoxy) is 2. The van der Waals surface area contributed by atoms with E-state index in [0.29, 0.717) is 18.3 Å². The molecular formula is C16H25IN4O2. The highest BCUT2D eigenvalue weighted by Gasteiger charge is 2.08. The van der Waals surface area contributed by atoms with Gasteiger partial charge in [-0.15, -0.1) is 24.0 Å². The van der Waals surface area contributed by atoms with Crippen molar-refractivity contribution in [2.24, 2.45) is 10.7 Å².